The van der Waals surface area contributed by atoms with E-state index >= 15 is 0 Å². The summed E-state index contributed by atoms with van der Waals surface area (Å²) in [5.41, 5.74) is 1.73. The Balaban J connectivity index is 1.64. The van der Waals surface area contributed by atoms with Crippen molar-refractivity contribution < 1.29 is 9.53 Å². The number of hydrogen-bond donors (Lipinski definition) is 0. The molecule has 1 atom stereocenters. The summed E-state index contributed by atoms with van der Waals surface area (Å²) in [7, 11) is 0. The largest absolute Gasteiger partial charge is 0.458 e. The van der Waals surface area contributed by atoms with Crippen LogP contribution in [-0.2, 0) is 0 Å². The van der Waals surface area contributed by atoms with Gasteiger partial charge in [0.1, 0.15) is 6.10 Å². The minimum Gasteiger partial charge on any atom is -0.458 e. The highest BCUT2D eigenvalue weighted by Gasteiger charge is 2.30. The van der Waals surface area contributed by atoms with E-state index < -0.39 is 0 Å². The van der Waals surface area contributed by atoms with Gasteiger partial charge in [0.05, 0.1) is 6.54 Å². The SMILES string of the molecule is Cc1cc(C)nc(OC2CCN(C(=O)c3ncccn3)C2)n1. The van der Waals surface area contributed by atoms with Crippen LogP contribution in [0.2, 0.25) is 0 Å². The van der Waals surface area contributed by atoms with Gasteiger partial charge in [-0.15, -0.1) is 0 Å². The Morgan fingerprint density at radius 3 is 2.59 bits per heavy atom. The summed E-state index contributed by atoms with van der Waals surface area (Å²) in [6.45, 7) is 4.91. The number of carbonyl (C=O) groups is 1. The molecule has 0 aliphatic carbocycles. The highest BCUT2D eigenvalue weighted by atomic mass is 16.5. The number of aromatic nitrogens is 4. The minimum atomic E-state index is -0.173. The molecule has 0 N–H and O–H groups in total. The van der Waals surface area contributed by atoms with Crippen LogP contribution in [0.5, 0.6) is 6.01 Å². The maximum Gasteiger partial charge on any atom is 0.317 e. The number of likely N-dealkylation sites (tertiary alicyclic amines) is 1. The first-order valence-electron chi connectivity index (χ1n) is 7.17. The first-order valence-corrected chi connectivity index (χ1v) is 7.17. The summed E-state index contributed by atoms with van der Waals surface area (Å²) in [6.07, 6.45) is 3.77. The molecule has 22 heavy (non-hydrogen) atoms. The predicted octanol–water partition coefficient (Wildman–Crippen LogP) is 1.18. The Kier molecular flexibility index (Phi) is 3.95. The second-order valence-electron chi connectivity index (χ2n) is 5.29. The first kappa shape index (κ1) is 14.4. The fraction of sp³-hybridized carbons (Fsp3) is 0.400. The van der Waals surface area contributed by atoms with Crippen molar-refractivity contribution in [3.63, 3.8) is 0 Å². The summed E-state index contributed by atoms with van der Waals surface area (Å²) in [5, 5.41) is 0. The van der Waals surface area contributed by atoms with E-state index in [2.05, 4.69) is 19.9 Å². The number of amides is 1. The molecule has 2 aromatic rings. The van der Waals surface area contributed by atoms with Crippen molar-refractivity contribution in [1.82, 2.24) is 24.8 Å². The van der Waals surface area contributed by atoms with E-state index in [0.29, 0.717) is 19.1 Å². The summed E-state index contributed by atoms with van der Waals surface area (Å²) in [6, 6.07) is 3.95. The fourth-order valence-electron chi connectivity index (χ4n) is 2.46. The standard InChI is InChI=1S/C15H17N5O2/c1-10-8-11(2)19-15(18-10)22-12-4-7-20(9-12)14(21)13-16-5-3-6-17-13/h3,5-6,8,12H,4,7,9H2,1-2H3. The Hall–Kier alpha value is -2.57. The molecular formula is C15H17N5O2. The Labute approximate surface area is 128 Å². The van der Waals surface area contributed by atoms with Crippen molar-refractivity contribution in [2.75, 3.05) is 13.1 Å². The quantitative estimate of drug-likeness (QED) is 0.846. The van der Waals surface area contributed by atoms with E-state index in [1.54, 1.807) is 23.4 Å². The third kappa shape index (κ3) is 3.19. The molecule has 114 valence electrons. The van der Waals surface area contributed by atoms with Gasteiger partial charge >= 0.3 is 6.01 Å². The molecule has 2 aromatic heterocycles. The highest BCUT2D eigenvalue weighted by Crippen LogP contribution is 2.17. The second-order valence-corrected chi connectivity index (χ2v) is 5.29. The van der Waals surface area contributed by atoms with Crippen LogP contribution in [0.25, 0.3) is 0 Å². The van der Waals surface area contributed by atoms with E-state index in [1.807, 2.05) is 19.9 Å². The third-order valence-electron chi connectivity index (χ3n) is 3.42. The molecule has 7 nitrogen and oxygen atoms in total. The van der Waals surface area contributed by atoms with Crippen molar-refractivity contribution in [3.8, 4) is 6.01 Å². The van der Waals surface area contributed by atoms with Crippen LogP contribution < -0.4 is 4.74 Å². The third-order valence-corrected chi connectivity index (χ3v) is 3.42. The molecule has 1 amide bonds. The number of ether oxygens (including phenoxy) is 1. The Morgan fingerprint density at radius 2 is 1.91 bits per heavy atom. The van der Waals surface area contributed by atoms with Gasteiger partial charge in [0.15, 0.2) is 0 Å². The highest BCUT2D eigenvalue weighted by molar-refractivity contribution is 5.90. The molecule has 1 aliphatic rings. The zero-order valence-corrected chi connectivity index (χ0v) is 12.6. The predicted molar refractivity (Wildman–Crippen MR) is 78.5 cm³/mol. The van der Waals surface area contributed by atoms with Gasteiger partial charge in [-0.1, -0.05) is 0 Å². The molecule has 0 radical (unpaired) electrons. The zero-order valence-electron chi connectivity index (χ0n) is 12.6. The molecular weight excluding hydrogens is 282 g/mol. The van der Waals surface area contributed by atoms with Crippen LogP contribution in [-0.4, -0.2) is 49.9 Å². The van der Waals surface area contributed by atoms with Gasteiger partial charge in [-0.2, -0.15) is 0 Å². The topological polar surface area (TPSA) is 81.1 Å². The van der Waals surface area contributed by atoms with Gasteiger partial charge in [-0.05, 0) is 26.0 Å². The molecule has 1 fully saturated rings. The molecule has 0 aromatic carbocycles. The lowest BCUT2D eigenvalue weighted by Gasteiger charge is -2.15. The Bertz CT molecular complexity index is 657. The lowest BCUT2D eigenvalue weighted by Crippen LogP contribution is -2.32. The number of carbonyl (C=O) groups excluding carboxylic acids is 1. The molecule has 3 rings (SSSR count). The second kappa shape index (κ2) is 6.05. The lowest BCUT2D eigenvalue weighted by molar-refractivity contribution is 0.0757. The maximum atomic E-state index is 12.3. The van der Waals surface area contributed by atoms with E-state index in [0.717, 1.165) is 17.8 Å². The van der Waals surface area contributed by atoms with Crippen molar-refractivity contribution in [3.05, 3.63) is 41.7 Å². The number of aryl methyl sites for hydroxylation is 2. The lowest BCUT2D eigenvalue weighted by atomic mass is 10.3. The van der Waals surface area contributed by atoms with Gasteiger partial charge in [0, 0.05) is 36.7 Å². The van der Waals surface area contributed by atoms with Crippen LogP contribution in [0.4, 0.5) is 0 Å². The average Bonchev–Trinajstić information content (AvgIpc) is 2.95. The average molecular weight is 299 g/mol. The maximum absolute atomic E-state index is 12.3. The van der Waals surface area contributed by atoms with Gasteiger partial charge in [-0.25, -0.2) is 19.9 Å². The monoisotopic (exact) mass is 299 g/mol. The summed E-state index contributed by atoms with van der Waals surface area (Å²) in [5.74, 6) is 0.0406. The van der Waals surface area contributed by atoms with E-state index in [9.17, 15) is 4.79 Å². The van der Waals surface area contributed by atoms with Crippen molar-refractivity contribution >= 4 is 5.91 Å². The normalized spacial score (nSPS) is 17.5. The number of rotatable bonds is 3. The summed E-state index contributed by atoms with van der Waals surface area (Å²) >= 11 is 0. The van der Waals surface area contributed by atoms with Crippen LogP contribution in [0, 0.1) is 13.8 Å². The van der Waals surface area contributed by atoms with Gasteiger partial charge in [0.2, 0.25) is 5.82 Å². The Morgan fingerprint density at radius 1 is 1.23 bits per heavy atom. The van der Waals surface area contributed by atoms with Crippen LogP contribution in [0.3, 0.4) is 0 Å². The van der Waals surface area contributed by atoms with Gasteiger partial charge in [-0.3, -0.25) is 4.79 Å². The zero-order chi connectivity index (χ0) is 15.5. The number of nitrogens with zero attached hydrogens (tertiary/aromatic N) is 5. The van der Waals surface area contributed by atoms with Crippen molar-refractivity contribution in [2.24, 2.45) is 0 Å². The molecule has 0 spiro atoms. The smallest absolute Gasteiger partial charge is 0.317 e. The molecule has 3 heterocycles. The molecule has 1 unspecified atom stereocenters. The summed E-state index contributed by atoms with van der Waals surface area (Å²) < 4.78 is 5.80. The van der Waals surface area contributed by atoms with Crippen LogP contribution >= 0.6 is 0 Å². The summed E-state index contributed by atoms with van der Waals surface area (Å²) in [4.78, 5) is 30.5. The van der Waals surface area contributed by atoms with E-state index in [-0.39, 0.29) is 17.8 Å². The van der Waals surface area contributed by atoms with Crippen molar-refractivity contribution in [1.29, 1.82) is 0 Å². The van der Waals surface area contributed by atoms with E-state index in [1.165, 1.54) is 0 Å². The van der Waals surface area contributed by atoms with E-state index in [4.69, 9.17) is 4.74 Å². The minimum absolute atomic E-state index is 0.103. The molecule has 0 bridgehead atoms. The number of hydrogen-bond acceptors (Lipinski definition) is 6. The van der Waals surface area contributed by atoms with Crippen molar-refractivity contribution in [2.45, 2.75) is 26.4 Å². The fourth-order valence-corrected chi connectivity index (χ4v) is 2.46. The first-order chi connectivity index (χ1) is 10.6. The van der Waals surface area contributed by atoms with Crippen LogP contribution in [0.15, 0.2) is 24.5 Å². The molecule has 1 aliphatic heterocycles. The molecule has 0 saturated carbocycles. The van der Waals surface area contributed by atoms with Gasteiger partial charge < -0.3 is 9.64 Å². The molecule has 1 saturated heterocycles. The molecule has 7 heteroatoms. The van der Waals surface area contributed by atoms with Crippen LogP contribution in [0.1, 0.15) is 28.4 Å². The van der Waals surface area contributed by atoms with Gasteiger partial charge in [0.25, 0.3) is 5.91 Å².